The zero-order chi connectivity index (χ0) is 36.3. The van der Waals surface area contributed by atoms with Crippen LogP contribution in [0.4, 0.5) is 17.1 Å². The van der Waals surface area contributed by atoms with Gasteiger partial charge in [0.1, 0.15) is 0 Å². The summed E-state index contributed by atoms with van der Waals surface area (Å²) in [6.07, 6.45) is 0. The summed E-state index contributed by atoms with van der Waals surface area (Å²) < 4.78 is 5.02. The molecule has 0 aliphatic carbocycles. The number of aromatic nitrogens is 1. The first-order chi connectivity index (χ1) is 27.2. The Morgan fingerprint density at radius 2 is 0.909 bits per heavy atom. The first-order valence-electron chi connectivity index (χ1n) is 18.7. The molecule has 0 radical (unpaired) electrons. The maximum Gasteiger partial charge on any atom is 0.0541 e. The summed E-state index contributed by atoms with van der Waals surface area (Å²) in [4.78, 5) is 2.38. The molecular weight excluding hydrogens is 685 g/mol. The lowest BCUT2D eigenvalue weighted by Gasteiger charge is -2.26. The molecule has 11 aromatic rings. The van der Waals surface area contributed by atoms with Gasteiger partial charge in [0, 0.05) is 53.7 Å². The van der Waals surface area contributed by atoms with Crippen molar-refractivity contribution < 1.29 is 0 Å². The van der Waals surface area contributed by atoms with Crippen LogP contribution in [0.1, 0.15) is 0 Å². The van der Waals surface area contributed by atoms with E-state index >= 15 is 0 Å². The molecule has 11 rings (SSSR count). The molecule has 55 heavy (non-hydrogen) atoms. The minimum atomic E-state index is 1.11. The van der Waals surface area contributed by atoms with E-state index in [0.29, 0.717) is 0 Å². The van der Waals surface area contributed by atoms with E-state index in [1.165, 1.54) is 80.7 Å². The lowest BCUT2D eigenvalue weighted by Crippen LogP contribution is -2.09. The molecule has 9 aromatic carbocycles. The van der Waals surface area contributed by atoms with Crippen LogP contribution in [-0.2, 0) is 0 Å². The maximum atomic E-state index is 2.40. The van der Waals surface area contributed by atoms with Gasteiger partial charge in [-0.2, -0.15) is 0 Å². The Morgan fingerprint density at radius 3 is 1.71 bits per heavy atom. The fourth-order valence-electron chi connectivity index (χ4n) is 8.28. The number of rotatable bonds is 6. The molecule has 258 valence electrons. The van der Waals surface area contributed by atoms with E-state index in [4.69, 9.17) is 0 Å². The molecule has 0 bridgehead atoms. The number of anilines is 3. The van der Waals surface area contributed by atoms with Crippen LogP contribution >= 0.6 is 11.3 Å². The molecule has 0 fully saturated rings. The molecule has 0 saturated carbocycles. The largest absolute Gasteiger partial charge is 0.310 e. The summed E-state index contributed by atoms with van der Waals surface area (Å²) in [7, 11) is 0. The van der Waals surface area contributed by atoms with Gasteiger partial charge in [-0.15, -0.1) is 11.3 Å². The maximum absolute atomic E-state index is 2.40. The van der Waals surface area contributed by atoms with Gasteiger partial charge in [-0.05, 0) is 112 Å². The predicted molar refractivity (Wildman–Crippen MR) is 237 cm³/mol. The Kier molecular flexibility index (Phi) is 7.39. The monoisotopic (exact) mass is 718 g/mol. The average molecular weight is 719 g/mol. The molecule has 0 aliphatic heterocycles. The third-order valence-electron chi connectivity index (χ3n) is 11.0. The van der Waals surface area contributed by atoms with Gasteiger partial charge in [-0.25, -0.2) is 0 Å². The zero-order valence-corrected chi connectivity index (χ0v) is 30.7. The topological polar surface area (TPSA) is 8.17 Å². The number of fused-ring (bicyclic) bond motifs is 7. The van der Waals surface area contributed by atoms with Crippen molar-refractivity contribution in [1.82, 2.24) is 4.57 Å². The van der Waals surface area contributed by atoms with Gasteiger partial charge in [0.25, 0.3) is 0 Å². The molecule has 0 spiro atoms. The summed E-state index contributed by atoms with van der Waals surface area (Å²) in [6, 6.07) is 75.2. The van der Waals surface area contributed by atoms with Gasteiger partial charge in [0.15, 0.2) is 0 Å². The van der Waals surface area contributed by atoms with Gasteiger partial charge in [0.05, 0.1) is 11.0 Å². The van der Waals surface area contributed by atoms with Gasteiger partial charge in [-0.3, -0.25) is 0 Å². The Bertz CT molecular complexity index is 3190. The standard InChI is InChI=1S/C52H34N2S/c1-2-10-35(11-3-1)37-18-24-41(25-19-37)53(44-29-31-52-48(34-44)46-15-7-9-17-51(46)55-52)42-26-20-38(21-27-42)40-23-30-50-47(33-40)45-14-6-8-16-49(45)54(50)43-28-22-36-12-4-5-13-39(36)32-43/h1-34H. The molecule has 2 nitrogen and oxygen atoms in total. The van der Waals surface area contributed by atoms with Gasteiger partial charge >= 0.3 is 0 Å². The molecule has 0 aliphatic rings. The normalized spacial score (nSPS) is 11.6. The lowest BCUT2D eigenvalue weighted by molar-refractivity contribution is 1.19. The van der Waals surface area contributed by atoms with Crippen molar-refractivity contribution in [3.05, 3.63) is 206 Å². The fraction of sp³-hybridized carbons (Fsp3) is 0. The Labute approximate surface area is 323 Å². The van der Waals surface area contributed by atoms with Crippen LogP contribution in [0.25, 0.3) is 80.7 Å². The smallest absolute Gasteiger partial charge is 0.0541 e. The zero-order valence-electron chi connectivity index (χ0n) is 29.9. The quantitative estimate of drug-likeness (QED) is 0.166. The summed E-state index contributed by atoms with van der Waals surface area (Å²) in [5.74, 6) is 0. The van der Waals surface area contributed by atoms with E-state index < -0.39 is 0 Å². The molecular formula is C52H34N2S. The van der Waals surface area contributed by atoms with Crippen LogP contribution in [-0.4, -0.2) is 4.57 Å². The summed E-state index contributed by atoms with van der Waals surface area (Å²) in [5.41, 5.74) is 11.8. The summed E-state index contributed by atoms with van der Waals surface area (Å²) in [5, 5.41) is 7.59. The Hall–Kier alpha value is -6.94. The Morgan fingerprint density at radius 1 is 0.327 bits per heavy atom. The molecule has 0 amide bonds. The van der Waals surface area contributed by atoms with Gasteiger partial charge in [-0.1, -0.05) is 127 Å². The molecule has 3 heteroatoms. The summed E-state index contributed by atoms with van der Waals surface area (Å²) in [6.45, 7) is 0. The second kappa shape index (κ2) is 12.9. The molecule has 0 atom stereocenters. The number of para-hydroxylation sites is 1. The van der Waals surface area contributed by atoms with Crippen molar-refractivity contribution >= 4 is 81.1 Å². The predicted octanol–water partition coefficient (Wildman–Crippen LogP) is 15.1. The number of benzene rings is 9. The number of thiophene rings is 1. The lowest BCUT2D eigenvalue weighted by atomic mass is 10.0. The van der Waals surface area contributed by atoms with E-state index in [0.717, 1.165) is 17.1 Å². The number of hydrogen-bond donors (Lipinski definition) is 0. The molecule has 0 unspecified atom stereocenters. The second-order valence-corrected chi connectivity index (χ2v) is 15.3. The minimum Gasteiger partial charge on any atom is -0.310 e. The van der Waals surface area contributed by atoms with Crippen molar-refractivity contribution in [3.8, 4) is 27.9 Å². The van der Waals surface area contributed by atoms with Crippen LogP contribution in [0.15, 0.2) is 206 Å². The highest BCUT2D eigenvalue weighted by Gasteiger charge is 2.17. The highest BCUT2D eigenvalue weighted by molar-refractivity contribution is 7.25. The SMILES string of the molecule is c1ccc(-c2ccc(N(c3ccc(-c4ccc5c(c4)c4ccccc4n5-c4ccc5ccccc5c4)cc3)c3ccc4sc5ccccc5c4c3)cc2)cc1. The minimum absolute atomic E-state index is 1.11. The summed E-state index contributed by atoms with van der Waals surface area (Å²) >= 11 is 1.85. The second-order valence-electron chi connectivity index (χ2n) is 14.2. The van der Waals surface area contributed by atoms with Crippen LogP contribution in [0.3, 0.4) is 0 Å². The first kappa shape index (κ1) is 31.6. The van der Waals surface area contributed by atoms with Crippen molar-refractivity contribution in [1.29, 1.82) is 0 Å². The van der Waals surface area contributed by atoms with Crippen LogP contribution in [0.2, 0.25) is 0 Å². The van der Waals surface area contributed by atoms with Crippen LogP contribution in [0, 0.1) is 0 Å². The number of hydrogen-bond acceptors (Lipinski definition) is 2. The highest BCUT2D eigenvalue weighted by Crippen LogP contribution is 2.42. The third-order valence-corrected chi connectivity index (χ3v) is 12.1. The van der Waals surface area contributed by atoms with E-state index in [2.05, 4.69) is 216 Å². The van der Waals surface area contributed by atoms with Crippen molar-refractivity contribution in [2.45, 2.75) is 0 Å². The highest BCUT2D eigenvalue weighted by atomic mass is 32.1. The molecule has 2 aromatic heterocycles. The number of nitrogens with zero attached hydrogens (tertiary/aromatic N) is 2. The molecule has 0 saturated heterocycles. The van der Waals surface area contributed by atoms with E-state index in [1.807, 2.05) is 11.3 Å². The third kappa shape index (κ3) is 5.40. The van der Waals surface area contributed by atoms with E-state index in [1.54, 1.807) is 0 Å². The molecule has 0 N–H and O–H groups in total. The van der Waals surface area contributed by atoms with Gasteiger partial charge < -0.3 is 9.47 Å². The van der Waals surface area contributed by atoms with E-state index in [-0.39, 0.29) is 0 Å². The average Bonchev–Trinajstić information content (AvgIpc) is 3.80. The van der Waals surface area contributed by atoms with Crippen molar-refractivity contribution in [3.63, 3.8) is 0 Å². The fourth-order valence-corrected chi connectivity index (χ4v) is 9.37. The van der Waals surface area contributed by atoms with Crippen molar-refractivity contribution in [2.75, 3.05) is 4.90 Å². The van der Waals surface area contributed by atoms with Gasteiger partial charge in [0.2, 0.25) is 0 Å². The van der Waals surface area contributed by atoms with Crippen LogP contribution < -0.4 is 4.90 Å². The molecule has 2 heterocycles. The first-order valence-corrected chi connectivity index (χ1v) is 19.6. The van der Waals surface area contributed by atoms with E-state index in [9.17, 15) is 0 Å². The Balaban J connectivity index is 1.01. The van der Waals surface area contributed by atoms with Crippen LogP contribution in [0.5, 0.6) is 0 Å². The van der Waals surface area contributed by atoms with Crippen molar-refractivity contribution in [2.24, 2.45) is 0 Å².